The van der Waals surface area contributed by atoms with Gasteiger partial charge in [-0.1, -0.05) is 0 Å². The van der Waals surface area contributed by atoms with Gasteiger partial charge in [0, 0.05) is 26.6 Å². The van der Waals surface area contributed by atoms with Gasteiger partial charge in [0.25, 0.3) is 0 Å². The Kier molecular flexibility index (Phi) is 4.94. The molecule has 7 nitrogen and oxygen atoms in total. The summed E-state index contributed by atoms with van der Waals surface area (Å²) in [6.07, 6.45) is 1.79. The average Bonchev–Trinajstić information content (AvgIpc) is 2.76. The van der Waals surface area contributed by atoms with Crippen molar-refractivity contribution in [2.75, 3.05) is 20.1 Å². The summed E-state index contributed by atoms with van der Waals surface area (Å²) in [5, 5.41) is 8.52. The molecule has 7 heteroatoms. The maximum Gasteiger partial charge on any atom is 0.320 e. The van der Waals surface area contributed by atoms with E-state index in [0.717, 1.165) is 6.42 Å². The highest BCUT2D eigenvalue weighted by Crippen LogP contribution is 2.18. The summed E-state index contributed by atoms with van der Waals surface area (Å²) in [5.74, 6) is -1.37. The van der Waals surface area contributed by atoms with Gasteiger partial charge in [0.15, 0.2) is 0 Å². The van der Waals surface area contributed by atoms with Gasteiger partial charge in [0.1, 0.15) is 6.04 Å². The smallest absolute Gasteiger partial charge is 0.320 e. The Morgan fingerprint density at radius 1 is 1.44 bits per heavy atom. The first kappa shape index (κ1) is 14.3. The lowest BCUT2D eigenvalue weighted by Crippen LogP contribution is -2.48. The van der Waals surface area contributed by atoms with Crippen molar-refractivity contribution in [2.45, 2.75) is 31.7 Å². The quantitative estimate of drug-likeness (QED) is 0.714. The van der Waals surface area contributed by atoms with Gasteiger partial charge in [-0.25, -0.2) is 4.79 Å². The molecule has 18 heavy (non-hydrogen) atoms. The van der Waals surface area contributed by atoms with Gasteiger partial charge in [-0.2, -0.15) is 0 Å². The van der Waals surface area contributed by atoms with Crippen LogP contribution in [0.1, 0.15) is 25.7 Å². The summed E-state index contributed by atoms with van der Waals surface area (Å²) >= 11 is 0. The predicted octanol–water partition coefficient (Wildman–Crippen LogP) is -0.147. The molecular formula is C11H19N3O4. The molecule has 1 atom stereocenters. The third-order valence-corrected chi connectivity index (χ3v) is 3.04. The molecule has 0 radical (unpaired) electrons. The monoisotopic (exact) mass is 257 g/mol. The summed E-state index contributed by atoms with van der Waals surface area (Å²) in [6, 6.07) is -0.791. The average molecular weight is 257 g/mol. The van der Waals surface area contributed by atoms with Gasteiger partial charge in [-0.3, -0.25) is 9.59 Å². The van der Waals surface area contributed by atoms with Crippen LogP contribution in [0.5, 0.6) is 0 Å². The number of carbonyl (C=O) groups is 3. The van der Waals surface area contributed by atoms with Gasteiger partial charge in [0.2, 0.25) is 5.91 Å². The van der Waals surface area contributed by atoms with Crippen molar-refractivity contribution in [3.63, 3.8) is 0 Å². The van der Waals surface area contributed by atoms with Gasteiger partial charge < -0.3 is 20.6 Å². The second-order valence-corrected chi connectivity index (χ2v) is 4.46. The molecule has 1 rings (SSSR count). The van der Waals surface area contributed by atoms with Crippen molar-refractivity contribution in [3.05, 3.63) is 0 Å². The molecule has 1 unspecified atom stereocenters. The second kappa shape index (κ2) is 6.23. The number of aliphatic carboxylic acids is 1. The van der Waals surface area contributed by atoms with Crippen LogP contribution < -0.4 is 5.73 Å². The van der Waals surface area contributed by atoms with Crippen LogP contribution in [0.4, 0.5) is 4.79 Å². The molecule has 1 fully saturated rings. The van der Waals surface area contributed by atoms with Gasteiger partial charge >= 0.3 is 12.0 Å². The zero-order valence-electron chi connectivity index (χ0n) is 10.5. The summed E-state index contributed by atoms with van der Waals surface area (Å²) in [5.41, 5.74) is 5.24. The number of carboxylic acid groups (broad SMARTS) is 1. The number of nitrogens with zero attached hydrogens (tertiary/aromatic N) is 2. The zero-order valence-corrected chi connectivity index (χ0v) is 10.5. The van der Waals surface area contributed by atoms with Crippen LogP contribution in [0.2, 0.25) is 0 Å². The largest absolute Gasteiger partial charge is 0.481 e. The minimum atomic E-state index is -0.882. The molecular weight excluding hydrogens is 238 g/mol. The minimum absolute atomic E-state index is 0.0247. The van der Waals surface area contributed by atoms with Crippen LogP contribution in [0.25, 0.3) is 0 Å². The Hall–Kier alpha value is -1.79. The number of amides is 3. The molecule has 1 saturated heterocycles. The minimum Gasteiger partial charge on any atom is -0.481 e. The van der Waals surface area contributed by atoms with E-state index in [9.17, 15) is 14.4 Å². The molecule has 3 amide bonds. The van der Waals surface area contributed by atoms with E-state index in [0.29, 0.717) is 25.9 Å². The van der Waals surface area contributed by atoms with Crippen molar-refractivity contribution in [3.8, 4) is 0 Å². The molecule has 1 aliphatic heterocycles. The van der Waals surface area contributed by atoms with Gasteiger partial charge in [-0.05, 0) is 19.3 Å². The van der Waals surface area contributed by atoms with E-state index in [1.807, 2.05) is 0 Å². The molecule has 3 N–H and O–H groups in total. The molecule has 0 aliphatic carbocycles. The van der Waals surface area contributed by atoms with Crippen LogP contribution >= 0.6 is 0 Å². The van der Waals surface area contributed by atoms with Crippen LogP contribution in [0, 0.1) is 0 Å². The van der Waals surface area contributed by atoms with Crippen LogP contribution in [0.15, 0.2) is 0 Å². The van der Waals surface area contributed by atoms with Crippen molar-refractivity contribution in [2.24, 2.45) is 5.73 Å². The van der Waals surface area contributed by atoms with Gasteiger partial charge in [-0.15, -0.1) is 0 Å². The lowest BCUT2D eigenvalue weighted by Gasteiger charge is -2.27. The number of hydrogen-bond donors (Lipinski definition) is 2. The van der Waals surface area contributed by atoms with Crippen molar-refractivity contribution < 1.29 is 19.5 Å². The third kappa shape index (κ3) is 3.61. The van der Waals surface area contributed by atoms with Crippen molar-refractivity contribution in [1.29, 1.82) is 0 Å². The molecule has 0 aromatic rings. The number of hydrogen-bond acceptors (Lipinski definition) is 3. The Bertz CT molecular complexity index is 345. The van der Waals surface area contributed by atoms with Gasteiger partial charge in [0.05, 0.1) is 0 Å². The zero-order chi connectivity index (χ0) is 13.7. The van der Waals surface area contributed by atoms with E-state index < -0.39 is 17.9 Å². The second-order valence-electron chi connectivity index (χ2n) is 4.46. The maximum absolute atomic E-state index is 12.0. The Labute approximate surface area is 106 Å². The predicted molar refractivity (Wildman–Crippen MR) is 63.8 cm³/mol. The summed E-state index contributed by atoms with van der Waals surface area (Å²) in [4.78, 5) is 36.5. The fourth-order valence-corrected chi connectivity index (χ4v) is 2.07. The number of rotatable bonds is 5. The topological polar surface area (TPSA) is 104 Å². The highest BCUT2D eigenvalue weighted by molar-refractivity contribution is 5.86. The Morgan fingerprint density at radius 2 is 2.11 bits per heavy atom. The molecule has 102 valence electrons. The normalized spacial score (nSPS) is 18.7. The standard InChI is InChI=1S/C11H19N3O4/c1-13(6-3-5-9(15)16)11(18)14-7-2-4-8(14)10(12)17/h8H,2-7H2,1H3,(H2,12,17)(H,15,16). The number of urea groups is 1. The fraction of sp³-hybridized carbons (Fsp3) is 0.727. The fourth-order valence-electron chi connectivity index (χ4n) is 2.07. The molecule has 0 aromatic carbocycles. The summed E-state index contributed by atoms with van der Waals surface area (Å²) in [6.45, 7) is 0.878. The summed E-state index contributed by atoms with van der Waals surface area (Å²) in [7, 11) is 1.60. The third-order valence-electron chi connectivity index (χ3n) is 3.04. The van der Waals surface area contributed by atoms with E-state index in [-0.39, 0.29) is 12.5 Å². The van der Waals surface area contributed by atoms with Crippen LogP contribution in [-0.2, 0) is 9.59 Å². The summed E-state index contributed by atoms with van der Waals surface area (Å²) < 4.78 is 0. The van der Waals surface area contributed by atoms with E-state index in [2.05, 4.69) is 0 Å². The first-order chi connectivity index (χ1) is 8.43. The van der Waals surface area contributed by atoms with E-state index >= 15 is 0 Å². The SMILES string of the molecule is CN(CCCC(=O)O)C(=O)N1CCCC1C(N)=O. The molecule has 1 heterocycles. The first-order valence-electron chi connectivity index (χ1n) is 5.96. The number of carbonyl (C=O) groups excluding carboxylic acids is 2. The number of primary amides is 1. The van der Waals surface area contributed by atoms with Crippen molar-refractivity contribution >= 4 is 17.9 Å². The number of carboxylic acids is 1. The van der Waals surface area contributed by atoms with Crippen LogP contribution in [0.3, 0.4) is 0 Å². The highest BCUT2D eigenvalue weighted by atomic mass is 16.4. The van der Waals surface area contributed by atoms with E-state index in [1.54, 1.807) is 7.05 Å². The van der Waals surface area contributed by atoms with Crippen LogP contribution in [-0.4, -0.2) is 59.0 Å². The molecule has 1 aliphatic rings. The Morgan fingerprint density at radius 3 is 2.67 bits per heavy atom. The lowest BCUT2D eigenvalue weighted by molar-refractivity contribution is -0.137. The molecule has 0 aromatic heterocycles. The molecule has 0 spiro atoms. The number of likely N-dealkylation sites (tertiary alicyclic amines) is 1. The number of nitrogens with two attached hydrogens (primary N) is 1. The van der Waals surface area contributed by atoms with E-state index in [1.165, 1.54) is 9.80 Å². The lowest BCUT2D eigenvalue weighted by atomic mass is 10.2. The molecule has 0 bridgehead atoms. The molecule has 0 saturated carbocycles. The highest BCUT2D eigenvalue weighted by Gasteiger charge is 2.33. The maximum atomic E-state index is 12.0. The van der Waals surface area contributed by atoms with Crippen molar-refractivity contribution in [1.82, 2.24) is 9.80 Å². The first-order valence-corrected chi connectivity index (χ1v) is 5.96. The Balaban J connectivity index is 2.47. The van der Waals surface area contributed by atoms with E-state index in [4.69, 9.17) is 10.8 Å².